The molecule has 0 aliphatic heterocycles. The lowest BCUT2D eigenvalue weighted by atomic mass is 10.4. The fraction of sp³-hybridized carbons (Fsp3) is 0.818. The molecule has 8 heteroatoms. The number of carbonyl (C=O) groups is 2. The van der Waals surface area contributed by atoms with E-state index in [-0.39, 0.29) is 13.2 Å². The zero-order chi connectivity index (χ0) is 14.9. The monoisotopic (exact) mass is 294 g/mol. The van der Waals surface area contributed by atoms with E-state index in [1.54, 1.807) is 27.7 Å². The van der Waals surface area contributed by atoms with E-state index < -0.39 is 19.3 Å². The topological polar surface area (TPSA) is 84.9 Å². The Hall–Kier alpha value is -0.910. The first-order valence-corrected chi connectivity index (χ1v) is 7.99. The van der Waals surface area contributed by atoms with Crippen molar-refractivity contribution in [3.8, 4) is 0 Å². The number of hydrogen-bond acceptors (Lipinski definition) is 5. The van der Waals surface area contributed by atoms with Crippen molar-refractivity contribution >= 4 is 19.9 Å². The zero-order valence-corrected chi connectivity index (χ0v) is 12.8. The zero-order valence-electron chi connectivity index (χ0n) is 11.9. The molecular formula is C11H23N2O5P. The van der Waals surface area contributed by atoms with E-state index in [0.29, 0.717) is 19.5 Å². The lowest BCUT2D eigenvalue weighted by Crippen LogP contribution is -2.46. The molecule has 0 saturated heterocycles. The van der Waals surface area contributed by atoms with E-state index in [1.165, 1.54) is 4.90 Å². The first-order chi connectivity index (χ1) is 9.00. The number of nitrogens with zero attached hydrogens (tertiary/aromatic N) is 1. The minimum Gasteiger partial charge on any atom is -0.341 e. The third-order valence-corrected chi connectivity index (χ3v) is 4.71. The van der Waals surface area contributed by atoms with Crippen molar-refractivity contribution in [3.63, 3.8) is 0 Å². The average molecular weight is 294 g/mol. The van der Waals surface area contributed by atoms with Gasteiger partial charge in [0.15, 0.2) is 0 Å². The Bertz CT molecular complexity index is 323. The van der Waals surface area contributed by atoms with Gasteiger partial charge in [0.1, 0.15) is 0 Å². The summed E-state index contributed by atoms with van der Waals surface area (Å²) in [5, 5.41) is 2.26. The number of rotatable bonds is 10. The number of carbonyl (C=O) groups excluding carboxylic acids is 2. The highest BCUT2D eigenvalue weighted by Crippen LogP contribution is 2.52. The van der Waals surface area contributed by atoms with Crippen LogP contribution in [0.5, 0.6) is 0 Å². The van der Waals surface area contributed by atoms with E-state index in [4.69, 9.17) is 9.05 Å². The summed E-state index contributed by atoms with van der Waals surface area (Å²) in [6.45, 7) is 8.03. The second-order valence-electron chi connectivity index (χ2n) is 3.57. The maximum Gasteiger partial charge on any atom is 0.362 e. The van der Waals surface area contributed by atoms with E-state index in [1.807, 2.05) is 0 Å². The van der Waals surface area contributed by atoms with Gasteiger partial charge in [0.05, 0.1) is 13.2 Å². The van der Waals surface area contributed by atoms with Crippen LogP contribution >= 0.6 is 7.60 Å². The Morgan fingerprint density at radius 3 is 2.00 bits per heavy atom. The van der Waals surface area contributed by atoms with Crippen LogP contribution in [-0.2, 0) is 23.2 Å². The lowest BCUT2D eigenvalue weighted by Gasteiger charge is -2.29. The van der Waals surface area contributed by atoms with Crippen LogP contribution in [-0.4, -0.2) is 49.3 Å². The molecule has 0 saturated carbocycles. The molecule has 0 heterocycles. The quantitative estimate of drug-likeness (QED) is 0.483. The number of nitrogens with one attached hydrogen (secondary N) is 1. The van der Waals surface area contributed by atoms with Gasteiger partial charge in [-0.15, -0.1) is 0 Å². The first kappa shape index (κ1) is 18.1. The smallest absolute Gasteiger partial charge is 0.341 e. The van der Waals surface area contributed by atoms with Crippen molar-refractivity contribution in [2.45, 2.75) is 33.5 Å². The fourth-order valence-electron chi connectivity index (χ4n) is 1.62. The Kier molecular flexibility index (Phi) is 8.63. The summed E-state index contributed by atoms with van der Waals surface area (Å²) in [5.41, 5.74) is 0. The molecule has 1 atom stereocenters. The average Bonchev–Trinajstić information content (AvgIpc) is 2.37. The van der Waals surface area contributed by atoms with Crippen LogP contribution in [0.1, 0.15) is 27.7 Å². The molecule has 0 aliphatic carbocycles. The molecule has 0 bridgehead atoms. The van der Waals surface area contributed by atoms with Crippen LogP contribution in [0.4, 0.5) is 0 Å². The summed E-state index contributed by atoms with van der Waals surface area (Å²) in [6, 6.07) is 0. The normalized spacial score (nSPS) is 12.8. The maximum atomic E-state index is 12.6. The fourth-order valence-corrected chi connectivity index (χ4v) is 3.39. The standard InChI is InChI=1S/C11H23N2O5P/c1-5-13(6-2)11(15)10(12-9-14)19(16,17-7-3)18-8-4/h9-10H,5-8H2,1-4H3,(H,12,14). The predicted octanol–water partition coefficient (Wildman–Crippen LogP) is 1.19. The van der Waals surface area contributed by atoms with Gasteiger partial charge in [-0.1, -0.05) is 0 Å². The molecule has 7 nitrogen and oxygen atoms in total. The molecular weight excluding hydrogens is 271 g/mol. The van der Waals surface area contributed by atoms with Crippen LogP contribution in [0, 0.1) is 0 Å². The van der Waals surface area contributed by atoms with Gasteiger partial charge >= 0.3 is 7.60 Å². The number of amides is 2. The Morgan fingerprint density at radius 2 is 1.68 bits per heavy atom. The van der Waals surface area contributed by atoms with Crippen molar-refractivity contribution in [1.29, 1.82) is 0 Å². The third-order valence-electron chi connectivity index (χ3n) is 2.47. The summed E-state index contributed by atoms with van der Waals surface area (Å²) in [4.78, 5) is 24.4. The molecule has 0 fully saturated rings. The van der Waals surface area contributed by atoms with Crippen molar-refractivity contribution < 1.29 is 23.2 Å². The molecule has 19 heavy (non-hydrogen) atoms. The summed E-state index contributed by atoms with van der Waals surface area (Å²) in [6.07, 6.45) is 0.330. The molecule has 0 aromatic heterocycles. The molecule has 0 aromatic rings. The van der Waals surface area contributed by atoms with Crippen molar-refractivity contribution in [1.82, 2.24) is 10.2 Å². The maximum absolute atomic E-state index is 12.6. The van der Waals surface area contributed by atoms with Crippen LogP contribution in [0.25, 0.3) is 0 Å². The third kappa shape index (κ3) is 4.93. The van der Waals surface area contributed by atoms with Gasteiger partial charge < -0.3 is 19.3 Å². The summed E-state index contributed by atoms with van der Waals surface area (Å²) in [7, 11) is -3.72. The number of likely N-dealkylation sites (N-methyl/N-ethyl adjacent to an activating group) is 1. The largest absolute Gasteiger partial charge is 0.362 e. The second-order valence-corrected chi connectivity index (χ2v) is 5.69. The highest BCUT2D eigenvalue weighted by molar-refractivity contribution is 7.55. The molecule has 0 aromatic carbocycles. The predicted molar refractivity (Wildman–Crippen MR) is 71.8 cm³/mol. The van der Waals surface area contributed by atoms with Gasteiger partial charge in [-0.3, -0.25) is 14.2 Å². The molecule has 1 N–H and O–H groups in total. The van der Waals surface area contributed by atoms with E-state index in [0.717, 1.165) is 0 Å². The molecule has 2 amide bonds. The Morgan fingerprint density at radius 1 is 1.21 bits per heavy atom. The van der Waals surface area contributed by atoms with Crippen LogP contribution < -0.4 is 5.32 Å². The molecule has 0 spiro atoms. The van der Waals surface area contributed by atoms with Crippen molar-refractivity contribution in [3.05, 3.63) is 0 Å². The Balaban J connectivity index is 5.29. The minimum absolute atomic E-state index is 0.125. The van der Waals surface area contributed by atoms with Gasteiger partial charge in [0, 0.05) is 13.1 Å². The van der Waals surface area contributed by atoms with Gasteiger partial charge in [0.25, 0.3) is 5.91 Å². The van der Waals surface area contributed by atoms with E-state index >= 15 is 0 Å². The van der Waals surface area contributed by atoms with Gasteiger partial charge in [-0.05, 0) is 27.7 Å². The number of hydrogen-bond donors (Lipinski definition) is 1. The SMILES string of the molecule is CCOP(=O)(OCC)C(NC=O)C(=O)N(CC)CC. The van der Waals surface area contributed by atoms with Gasteiger partial charge in [-0.2, -0.15) is 0 Å². The molecule has 0 radical (unpaired) electrons. The molecule has 0 aliphatic rings. The van der Waals surface area contributed by atoms with Crippen LogP contribution in [0.15, 0.2) is 0 Å². The first-order valence-electron chi connectivity index (χ1n) is 6.37. The lowest BCUT2D eigenvalue weighted by molar-refractivity contribution is -0.132. The van der Waals surface area contributed by atoms with Gasteiger partial charge in [0.2, 0.25) is 12.2 Å². The molecule has 0 rings (SSSR count). The second kappa shape index (κ2) is 9.07. The highest BCUT2D eigenvalue weighted by Gasteiger charge is 2.42. The van der Waals surface area contributed by atoms with Crippen LogP contribution in [0.2, 0.25) is 0 Å². The summed E-state index contributed by atoms with van der Waals surface area (Å²) < 4.78 is 22.8. The summed E-state index contributed by atoms with van der Waals surface area (Å²) >= 11 is 0. The molecule has 112 valence electrons. The van der Waals surface area contributed by atoms with E-state index in [2.05, 4.69) is 5.32 Å². The highest BCUT2D eigenvalue weighted by atomic mass is 31.2. The van der Waals surface area contributed by atoms with Crippen LogP contribution in [0.3, 0.4) is 0 Å². The minimum atomic E-state index is -3.72. The summed E-state index contributed by atoms with van der Waals surface area (Å²) in [5.74, 6) is -1.77. The van der Waals surface area contributed by atoms with Crippen molar-refractivity contribution in [2.75, 3.05) is 26.3 Å². The van der Waals surface area contributed by atoms with Crippen molar-refractivity contribution in [2.24, 2.45) is 0 Å². The van der Waals surface area contributed by atoms with Gasteiger partial charge in [-0.25, -0.2) is 0 Å². The van der Waals surface area contributed by atoms with E-state index in [9.17, 15) is 14.2 Å². The Labute approximate surface area is 114 Å². The molecule has 1 unspecified atom stereocenters.